The molecule has 164 valence electrons. The Morgan fingerprint density at radius 3 is 2.41 bits per heavy atom. The van der Waals surface area contributed by atoms with Crippen molar-refractivity contribution < 1.29 is 19.7 Å². The van der Waals surface area contributed by atoms with Crippen molar-refractivity contribution in [1.29, 1.82) is 0 Å². The summed E-state index contributed by atoms with van der Waals surface area (Å²) in [4.78, 5) is 9.01. The minimum atomic E-state index is -1.07. The molecule has 0 aliphatic carbocycles. The van der Waals surface area contributed by atoms with Gasteiger partial charge in [0.2, 0.25) is 0 Å². The Morgan fingerprint density at radius 2 is 1.75 bits per heavy atom. The van der Waals surface area contributed by atoms with Crippen molar-refractivity contribution in [1.82, 2.24) is 14.5 Å². The normalized spacial score (nSPS) is 22.9. The third-order valence-corrected chi connectivity index (χ3v) is 5.80. The summed E-state index contributed by atoms with van der Waals surface area (Å²) in [6.45, 7) is 1.74. The summed E-state index contributed by atoms with van der Waals surface area (Å²) >= 11 is 0. The van der Waals surface area contributed by atoms with Crippen LogP contribution >= 0.6 is 0 Å². The highest BCUT2D eigenvalue weighted by atomic mass is 16.6. The zero-order valence-corrected chi connectivity index (χ0v) is 17.7. The lowest BCUT2D eigenvalue weighted by atomic mass is 10.1. The molecule has 0 bridgehead atoms. The van der Waals surface area contributed by atoms with Gasteiger partial charge in [0.25, 0.3) is 0 Å². The quantitative estimate of drug-likeness (QED) is 0.444. The summed E-state index contributed by atoms with van der Waals surface area (Å²) in [6, 6.07) is 17.5. The van der Waals surface area contributed by atoms with Crippen LogP contribution < -0.4 is 10.1 Å². The standard InChI is InChI=1S/C24H24N4O4/c1-14-20(29)21(30)24(32-14)28-12-18(15-6-4-3-5-7-15)19-22(25-13-26-23(19)28)27-16-8-10-17(31-2)11-9-16/h3-14,20-21,24,29-30H,1-2H3,(H,25,26,27)/t14-,20+,21+,24+/m0/s1. The van der Waals surface area contributed by atoms with E-state index in [1.807, 2.05) is 60.8 Å². The Morgan fingerprint density at radius 1 is 1.00 bits per heavy atom. The van der Waals surface area contributed by atoms with Crippen LogP contribution in [-0.2, 0) is 4.74 Å². The molecule has 4 aromatic rings. The van der Waals surface area contributed by atoms with Gasteiger partial charge in [-0.15, -0.1) is 0 Å². The fourth-order valence-electron chi connectivity index (χ4n) is 4.08. The van der Waals surface area contributed by atoms with E-state index in [9.17, 15) is 10.2 Å². The second kappa shape index (κ2) is 8.23. The maximum Gasteiger partial charge on any atom is 0.164 e. The molecule has 2 aromatic carbocycles. The van der Waals surface area contributed by atoms with E-state index in [1.165, 1.54) is 6.33 Å². The van der Waals surface area contributed by atoms with Gasteiger partial charge in [-0.05, 0) is 36.8 Å². The van der Waals surface area contributed by atoms with Gasteiger partial charge in [-0.3, -0.25) is 0 Å². The van der Waals surface area contributed by atoms with Crippen LogP contribution in [0.5, 0.6) is 5.75 Å². The highest BCUT2D eigenvalue weighted by molar-refractivity contribution is 6.02. The number of nitrogens with zero attached hydrogens (tertiary/aromatic N) is 3. The Labute approximate surface area is 185 Å². The average Bonchev–Trinajstić information content (AvgIpc) is 3.34. The summed E-state index contributed by atoms with van der Waals surface area (Å²) in [5.74, 6) is 1.39. The maximum atomic E-state index is 10.6. The minimum absolute atomic E-state index is 0.494. The molecule has 0 saturated carbocycles. The number of aromatic nitrogens is 3. The molecule has 3 N–H and O–H groups in total. The highest BCUT2D eigenvalue weighted by Crippen LogP contribution is 2.39. The molecule has 2 aromatic heterocycles. The number of fused-ring (bicyclic) bond motifs is 1. The van der Waals surface area contributed by atoms with Crippen LogP contribution in [0.2, 0.25) is 0 Å². The topological polar surface area (TPSA) is 102 Å². The summed E-state index contributed by atoms with van der Waals surface area (Å²) in [5.41, 5.74) is 3.31. The number of hydrogen-bond acceptors (Lipinski definition) is 7. The molecule has 1 fully saturated rings. The van der Waals surface area contributed by atoms with E-state index in [2.05, 4.69) is 15.3 Å². The van der Waals surface area contributed by atoms with Gasteiger partial charge in [-0.1, -0.05) is 30.3 Å². The largest absolute Gasteiger partial charge is 0.497 e. The first-order chi connectivity index (χ1) is 15.6. The minimum Gasteiger partial charge on any atom is -0.497 e. The number of ether oxygens (including phenoxy) is 2. The van der Waals surface area contributed by atoms with Crippen LogP contribution in [0.25, 0.3) is 22.2 Å². The van der Waals surface area contributed by atoms with Gasteiger partial charge in [-0.2, -0.15) is 0 Å². The molecule has 8 heteroatoms. The monoisotopic (exact) mass is 432 g/mol. The molecule has 1 aliphatic heterocycles. The summed E-state index contributed by atoms with van der Waals surface area (Å²) in [5, 5.41) is 25.0. The Balaban J connectivity index is 1.66. The van der Waals surface area contributed by atoms with Crippen LogP contribution in [0.1, 0.15) is 13.2 Å². The zero-order chi connectivity index (χ0) is 22.2. The first kappa shape index (κ1) is 20.4. The lowest BCUT2D eigenvalue weighted by molar-refractivity contribution is -0.0295. The molecule has 3 heterocycles. The van der Waals surface area contributed by atoms with Crippen molar-refractivity contribution in [2.24, 2.45) is 0 Å². The fraction of sp³-hybridized carbons (Fsp3) is 0.250. The second-order valence-corrected chi connectivity index (χ2v) is 7.80. The molecule has 32 heavy (non-hydrogen) atoms. The van der Waals surface area contributed by atoms with Gasteiger partial charge in [0.05, 0.1) is 18.6 Å². The molecule has 5 rings (SSSR count). The Bertz CT molecular complexity index is 1230. The summed E-state index contributed by atoms with van der Waals surface area (Å²) in [6.07, 6.45) is 0.0660. The molecule has 0 radical (unpaired) electrons. The lowest BCUT2D eigenvalue weighted by Gasteiger charge is -2.17. The molecule has 0 spiro atoms. The van der Waals surface area contributed by atoms with Crippen LogP contribution in [0.15, 0.2) is 67.1 Å². The smallest absolute Gasteiger partial charge is 0.164 e. The summed E-state index contributed by atoms with van der Waals surface area (Å²) < 4.78 is 12.9. The van der Waals surface area contributed by atoms with E-state index in [-0.39, 0.29) is 0 Å². The van der Waals surface area contributed by atoms with Crippen molar-refractivity contribution >= 4 is 22.5 Å². The van der Waals surface area contributed by atoms with Gasteiger partial charge >= 0.3 is 0 Å². The number of benzene rings is 2. The van der Waals surface area contributed by atoms with E-state index in [4.69, 9.17) is 9.47 Å². The number of anilines is 2. The van der Waals surface area contributed by atoms with Crippen LogP contribution in [0.3, 0.4) is 0 Å². The second-order valence-electron chi connectivity index (χ2n) is 7.80. The van der Waals surface area contributed by atoms with Crippen LogP contribution in [0.4, 0.5) is 11.5 Å². The van der Waals surface area contributed by atoms with Crippen molar-refractivity contribution in [3.05, 3.63) is 67.1 Å². The predicted octanol–water partition coefficient (Wildman–Crippen LogP) is 3.49. The van der Waals surface area contributed by atoms with E-state index < -0.39 is 24.5 Å². The zero-order valence-electron chi connectivity index (χ0n) is 17.7. The van der Waals surface area contributed by atoms with Crippen LogP contribution in [0, 0.1) is 0 Å². The van der Waals surface area contributed by atoms with E-state index in [0.717, 1.165) is 28.0 Å². The average molecular weight is 432 g/mol. The van der Waals surface area contributed by atoms with Gasteiger partial charge < -0.3 is 29.6 Å². The van der Waals surface area contributed by atoms with Gasteiger partial charge in [0, 0.05) is 17.4 Å². The molecule has 8 nitrogen and oxygen atoms in total. The molecule has 0 amide bonds. The maximum absolute atomic E-state index is 10.6. The van der Waals surface area contributed by atoms with E-state index in [1.54, 1.807) is 18.6 Å². The number of nitrogens with one attached hydrogen (secondary N) is 1. The number of methoxy groups -OCH3 is 1. The lowest BCUT2D eigenvalue weighted by Crippen LogP contribution is -2.30. The van der Waals surface area contributed by atoms with Crippen molar-refractivity contribution in [3.63, 3.8) is 0 Å². The van der Waals surface area contributed by atoms with Crippen molar-refractivity contribution in [2.75, 3.05) is 12.4 Å². The third-order valence-electron chi connectivity index (χ3n) is 5.80. The molecule has 1 aliphatic rings. The molecular formula is C24H24N4O4. The Kier molecular flexibility index (Phi) is 5.26. The molecule has 0 unspecified atom stereocenters. The molecule has 4 atom stereocenters. The van der Waals surface area contributed by atoms with Crippen LogP contribution in [-0.4, -0.2) is 50.2 Å². The van der Waals surface area contributed by atoms with Gasteiger partial charge in [0.15, 0.2) is 6.23 Å². The van der Waals surface area contributed by atoms with E-state index in [0.29, 0.717) is 11.5 Å². The Hall–Kier alpha value is -3.46. The van der Waals surface area contributed by atoms with Crippen molar-refractivity contribution in [3.8, 4) is 16.9 Å². The fourth-order valence-corrected chi connectivity index (χ4v) is 4.08. The van der Waals surface area contributed by atoms with Gasteiger partial charge in [-0.25, -0.2) is 9.97 Å². The number of hydrogen-bond donors (Lipinski definition) is 3. The number of aliphatic hydroxyl groups excluding tert-OH is 2. The SMILES string of the molecule is COc1ccc(Nc2ncnc3c2c(-c2ccccc2)cn3[C@@H]2O[C@@H](C)[C@@H](O)[C@H]2O)cc1. The van der Waals surface area contributed by atoms with Gasteiger partial charge in [0.1, 0.15) is 35.7 Å². The molecular weight excluding hydrogens is 408 g/mol. The summed E-state index contributed by atoms with van der Waals surface area (Å²) in [7, 11) is 1.63. The van der Waals surface area contributed by atoms with E-state index >= 15 is 0 Å². The number of rotatable bonds is 5. The highest BCUT2D eigenvalue weighted by Gasteiger charge is 2.42. The number of aliphatic hydroxyl groups is 2. The first-order valence-corrected chi connectivity index (χ1v) is 10.4. The third kappa shape index (κ3) is 3.48. The predicted molar refractivity (Wildman–Crippen MR) is 121 cm³/mol. The molecule has 1 saturated heterocycles. The van der Waals surface area contributed by atoms with Crippen molar-refractivity contribution in [2.45, 2.75) is 31.5 Å². The first-order valence-electron chi connectivity index (χ1n) is 10.4.